The average Bonchev–Trinajstić information content (AvgIpc) is 3.57. The Morgan fingerprint density at radius 2 is 1.16 bits per heavy atom. The smallest absolute Gasteiger partial charge is 0.163 e. The highest BCUT2D eigenvalue weighted by atomic mass is 16.5. The molecule has 2 heterocycles. The number of rotatable bonds is 3. The zero-order valence-corrected chi connectivity index (χ0v) is 27.6. The molecule has 6 aromatic rings. The standard InChI is InChI=1S/C45H37N3O/c1-27-30-19-20-31-25-44(24-30,26-34(27)31)43-47-41(28-11-3-2-4-12-28)46-42(48-43)29-21-22-40-38(23-29)45(37-17-9-10-18-39(37)49-40)35-15-7-5-13-32(35)33-14-6-8-16-36(33)45/h2-18,21-23,27,30-31,34H,19-20,24-26H2,1H3/t27-,30?,31?,34+,44?/m0/s1. The summed E-state index contributed by atoms with van der Waals surface area (Å²) >= 11 is 0. The maximum absolute atomic E-state index is 6.72. The van der Waals surface area contributed by atoms with E-state index >= 15 is 0 Å². The zero-order chi connectivity index (χ0) is 32.3. The van der Waals surface area contributed by atoms with Crippen LogP contribution in [0.25, 0.3) is 33.9 Å². The maximum Gasteiger partial charge on any atom is 0.163 e. The molecule has 3 fully saturated rings. The van der Waals surface area contributed by atoms with E-state index in [4.69, 9.17) is 19.7 Å². The molecule has 4 heteroatoms. The number of hydrogen-bond acceptors (Lipinski definition) is 4. The fraction of sp³-hybridized carbons (Fsp3) is 0.267. The summed E-state index contributed by atoms with van der Waals surface area (Å²) in [5.41, 5.74) is 8.97. The van der Waals surface area contributed by atoms with Crippen LogP contribution in [0.2, 0.25) is 0 Å². The normalized spacial score (nSPS) is 26.1. The number of benzene rings is 5. The Labute approximate surface area is 287 Å². The summed E-state index contributed by atoms with van der Waals surface area (Å²) in [6, 6.07) is 43.4. The van der Waals surface area contributed by atoms with Gasteiger partial charge < -0.3 is 4.74 Å². The molecule has 0 N–H and O–H groups in total. The molecule has 11 rings (SSSR count). The van der Waals surface area contributed by atoms with Crippen molar-refractivity contribution in [3.8, 4) is 45.4 Å². The van der Waals surface area contributed by atoms with Gasteiger partial charge in [0.05, 0.1) is 5.41 Å². The van der Waals surface area contributed by atoms with E-state index in [-0.39, 0.29) is 5.41 Å². The summed E-state index contributed by atoms with van der Waals surface area (Å²) in [6.07, 6.45) is 6.33. The fourth-order valence-corrected chi connectivity index (χ4v) is 11.0. The van der Waals surface area contributed by atoms with Crippen molar-refractivity contribution in [1.29, 1.82) is 0 Å². The fourth-order valence-electron chi connectivity index (χ4n) is 11.0. The van der Waals surface area contributed by atoms with Crippen LogP contribution in [0.4, 0.5) is 0 Å². The Hall–Kier alpha value is -5.09. The molecular formula is C45H37N3O. The molecule has 0 amide bonds. The van der Waals surface area contributed by atoms with E-state index in [9.17, 15) is 0 Å². The first-order valence-corrected chi connectivity index (χ1v) is 18.1. The van der Waals surface area contributed by atoms with Crippen LogP contribution in [0.15, 0.2) is 121 Å². The van der Waals surface area contributed by atoms with Crippen molar-refractivity contribution in [1.82, 2.24) is 15.0 Å². The molecule has 1 spiro atoms. The largest absolute Gasteiger partial charge is 0.457 e. The van der Waals surface area contributed by atoms with Crippen LogP contribution in [0, 0.1) is 23.7 Å². The minimum Gasteiger partial charge on any atom is -0.457 e. The van der Waals surface area contributed by atoms with Crippen LogP contribution in [0.3, 0.4) is 0 Å². The molecule has 238 valence electrons. The van der Waals surface area contributed by atoms with Crippen LogP contribution in [-0.2, 0) is 10.8 Å². The quantitative estimate of drug-likeness (QED) is 0.194. The van der Waals surface area contributed by atoms with Gasteiger partial charge in [0, 0.05) is 27.7 Å². The lowest BCUT2D eigenvalue weighted by atomic mass is 9.61. The Balaban J connectivity index is 1.15. The molecule has 4 aliphatic carbocycles. The van der Waals surface area contributed by atoms with E-state index in [1.54, 1.807) is 0 Å². The number of aromatic nitrogens is 3. The van der Waals surface area contributed by atoms with Gasteiger partial charge in [0.25, 0.3) is 0 Å². The summed E-state index contributed by atoms with van der Waals surface area (Å²) in [5, 5.41) is 0. The SMILES string of the molecule is C[C@H]1C2CCC3CC(c4nc(-c5ccccc5)nc(-c5ccc6c(c5)C5(c7ccccc7O6)c6ccccc6-c6ccccc65)n4)(C2)C[C@@H]31. The van der Waals surface area contributed by atoms with Crippen molar-refractivity contribution in [2.24, 2.45) is 23.7 Å². The predicted octanol–water partition coefficient (Wildman–Crippen LogP) is 10.4. The van der Waals surface area contributed by atoms with E-state index in [2.05, 4.69) is 128 Å². The van der Waals surface area contributed by atoms with Gasteiger partial charge >= 0.3 is 0 Å². The molecule has 49 heavy (non-hydrogen) atoms. The molecule has 0 saturated heterocycles. The summed E-state index contributed by atoms with van der Waals surface area (Å²) in [4.78, 5) is 16.1. The predicted molar refractivity (Wildman–Crippen MR) is 192 cm³/mol. The van der Waals surface area contributed by atoms with Crippen LogP contribution >= 0.6 is 0 Å². The lowest BCUT2D eigenvalue weighted by Gasteiger charge is -2.44. The van der Waals surface area contributed by atoms with Gasteiger partial charge in [-0.2, -0.15) is 0 Å². The van der Waals surface area contributed by atoms with Crippen LogP contribution in [0.5, 0.6) is 11.5 Å². The highest BCUT2D eigenvalue weighted by Crippen LogP contribution is 2.64. The van der Waals surface area contributed by atoms with Gasteiger partial charge in [-0.15, -0.1) is 0 Å². The number of nitrogens with zero attached hydrogens (tertiary/aromatic N) is 3. The first kappa shape index (κ1) is 27.8. The molecule has 3 saturated carbocycles. The molecule has 5 atom stereocenters. The molecule has 0 radical (unpaired) electrons. The van der Waals surface area contributed by atoms with Gasteiger partial charge in [0.15, 0.2) is 11.6 Å². The first-order valence-electron chi connectivity index (χ1n) is 18.1. The van der Waals surface area contributed by atoms with E-state index < -0.39 is 5.41 Å². The van der Waals surface area contributed by atoms with Crippen molar-refractivity contribution < 1.29 is 4.74 Å². The van der Waals surface area contributed by atoms with Gasteiger partial charge in [-0.3, -0.25) is 0 Å². The van der Waals surface area contributed by atoms with E-state index in [0.717, 1.165) is 69.3 Å². The third kappa shape index (κ3) is 3.72. The molecule has 5 aromatic carbocycles. The molecule has 4 nitrogen and oxygen atoms in total. The minimum atomic E-state index is -0.526. The third-order valence-electron chi connectivity index (χ3n) is 13.1. The Kier molecular flexibility index (Phi) is 5.67. The molecule has 3 unspecified atom stereocenters. The van der Waals surface area contributed by atoms with Gasteiger partial charge in [-0.1, -0.05) is 104 Å². The van der Waals surface area contributed by atoms with E-state index in [1.807, 2.05) is 0 Å². The summed E-state index contributed by atoms with van der Waals surface area (Å²) < 4.78 is 6.72. The van der Waals surface area contributed by atoms with Crippen LogP contribution < -0.4 is 4.74 Å². The molecule has 1 aromatic heterocycles. The van der Waals surface area contributed by atoms with Crippen LogP contribution in [0.1, 0.15) is 67.1 Å². The molecule has 3 bridgehead atoms. The Morgan fingerprint density at radius 3 is 1.94 bits per heavy atom. The maximum atomic E-state index is 6.72. The summed E-state index contributed by atoms with van der Waals surface area (Å²) in [5.74, 6) is 7.46. The van der Waals surface area contributed by atoms with Gasteiger partial charge in [-0.05, 0) is 102 Å². The van der Waals surface area contributed by atoms with Gasteiger partial charge in [-0.25, -0.2) is 15.0 Å². The lowest BCUT2D eigenvalue weighted by molar-refractivity contribution is 0.0841. The Bertz CT molecular complexity index is 2260. The number of hydrogen-bond donors (Lipinski definition) is 0. The number of para-hydroxylation sites is 1. The lowest BCUT2D eigenvalue weighted by Crippen LogP contribution is -2.38. The van der Waals surface area contributed by atoms with Crippen LogP contribution in [-0.4, -0.2) is 15.0 Å². The second kappa shape index (κ2) is 9.98. The number of ether oxygens (including phenoxy) is 1. The second-order valence-corrected chi connectivity index (χ2v) is 15.3. The number of fused-ring (bicyclic) bond motifs is 11. The average molecular weight is 636 g/mol. The monoisotopic (exact) mass is 635 g/mol. The van der Waals surface area contributed by atoms with Crippen molar-refractivity contribution >= 4 is 0 Å². The topological polar surface area (TPSA) is 47.9 Å². The second-order valence-electron chi connectivity index (χ2n) is 15.3. The van der Waals surface area contributed by atoms with E-state index in [1.165, 1.54) is 59.9 Å². The van der Waals surface area contributed by atoms with Crippen molar-refractivity contribution in [2.75, 3.05) is 0 Å². The van der Waals surface area contributed by atoms with Crippen molar-refractivity contribution in [3.05, 3.63) is 149 Å². The Morgan fingerprint density at radius 1 is 0.551 bits per heavy atom. The molecule has 5 aliphatic rings. The molecular weight excluding hydrogens is 599 g/mol. The third-order valence-corrected chi connectivity index (χ3v) is 13.1. The van der Waals surface area contributed by atoms with Gasteiger partial charge in [0.2, 0.25) is 0 Å². The highest BCUT2D eigenvalue weighted by molar-refractivity contribution is 5.89. The summed E-state index contributed by atoms with van der Waals surface area (Å²) in [7, 11) is 0. The molecule has 1 aliphatic heterocycles. The minimum absolute atomic E-state index is 0.0328. The van der Waals surface area contributed by atoms with Crippen molar-refractivity contribution in [3.63, 3.8) is 0 Å². The van der Waals surface area contributed by atoms with Gasteiger partial charge in [0.1, 0.15) is 17.3 Å². The highest BCUT2D eigenvalue weighted by Gasteiger charge is 2.58. The first-order chi connectivity index (χ1) is 24.1. The van der Waals surface area contributed by atoms with E-state index in [0.29, 0.717) is 0 Å². The zero-order valence-electron chi connectivity index (χ0n) is 27.6. The summed E-state index contributed by atoms with van der Waals surface area (Å²) in [6.45, 7) is 2.51. The van der Waals surface area contributed by atoms with Crippen molar-refractivity contribution in [2.45, 2.75) is 49.9 Å².